The van der Waals surface area contributed by atoms with Crippen LogP contribution >= 0.6 is 35.0 Å². The van der Waals surface area contributed by atoms with Crippen molar-refractivity contribution >= 4 is 40.6 Å². The van der Waals surface area contributed by atoms with Crippen molar-refractivity contribution in [3.63, 3.8) is 0 Å². The number of halogens is 2. The van der Waals surface area contributed by atoms with Crippen LogP contribution in [-0.2, 0) is 17.0 Å². The van der Waals surface area contributed by atoms with E-state index in [9.17, 15) is 0 Å². The zero-order valence-electron chi connectivity index (χ0n) is 15.0. The number of imidazole rings is 1. The molecule has 0 saturated heterocycles. The maximum Gasteiger partial charge on any atom is 0.191 e. The highest BCUT2D eigenvalue weighted by atomic mass is 35.5. The van der Waals surface area contributed by atoms with E-state index >= 15 is 0 Å². The first-order valence-electron chi connectivity index (χ1n) is 8.58. The summed E-state index contributed by atoms with van der Waals surface area (Å²) in [7, 11) is 1.68. The fourth-order valence-corrected chi connectivity index (χ4v) is 3.96. The largest absolute Gasteiger partial charge is 0.383 e. The van der Waals surface area contributed by atoms with E-state index in [0.29, 0.717) is 28.9 Å². The lowest BCUT2D eigenvalue weighted by Gasteiger charge is -2.09. The van der Waals surface area contributed by atoms with Gasteiger partial charge >= 0.3 is 0 Å². The Morgan fingerprint density at radius 2 is 1.79 bits per heavy atom. The average Bonchev–Trinajstić information content (AvgIpc) is 3.28. The number of hydrogen-bond donors (Lipinski definition) is 0. The summed E-state index contributed by atoms with van der Waals surface area (Å²) in [6, 6.07) is 11.3. The minimum Gasteiger partial charge on any atom is -0.383 e. The molecule has 0 aliphatic rings. The first kappa shape index (κ1) is 19.3. The van der Waals surface area contributed by atoms with Crippen LogP contribution in [0.15, 0.2) is 53.9 Å². The third-order valence-corrected chi connectivity index (χ3v) is 5.63. The topological polar surface area (TPSA) is 57.2 Å². The number of benzene rings is 1. The Bertz CT molecular complexity index is 1090. The highest BCUT2D eigenvalue weighted by Gasteiger charge is 2.15. The van der Waals surface area contributed by atoms with E-state index in [1.165, 1.54) is 0 Å². The zero-order valence-corrected chi connectivity index (χ0v) is 17.4. The minimum atomic E-state index is 0.569. The van der Waals surface area contributed by atoms with E-state index in [1.807, 2.05) is 53.2 Å². The fraction of sp³-hybridized carbons (Fsp3) is 0.211. The van der Waals surface area contributed by atoms with Gasteiger partial charge in [-0.3, -0.25) is 4.57 Å². The molecule has 1 aromatic carbocycles. The van der Waals surface area contributed by atoms with Gasteiger partial charge in [-0.1, -0.05) is 35.0 Å². The Kier molecular flexibility index (Phi) is 5.87. The van der Waals surface area contributed by atoms with E-state index in [2.05, 4.69) is 19.7 Å². The summed E-state index contributed by atoms with van der Waals surface area (Å²) in [5, 5.41) is 11.0. The lowest BCUT2D eigenvalue weighted by atomic mass is 10.2. The van der Waals surface area contributed by atoms with Gasteiger partial charge in [-0.05, 0) is 36.4 Å². The van der Waals surface area contributed by atoms with Gasteiger partial charge in [0.2, 0.25) is 0 Å². The van der Waals surface area contributed by atoms with Gasteiger partial charge in [-0.15, -0.1) is 10.2 Å². The molecule has 4 rings (SSSR count). The molecule has 0 radical (unpaired) electrons. The smallest absolute Gasteiger partial charge is 0.191 e. The highest BCUT2D eigenvalue weighted by Crippen LogP contribution is 2.27. The monoisotopic (exact) mass is 433 g/mol. The number of ether oxygens (including phenoxy) is 1. The molecule has 9 heteroatoms. The predicted molar refractivity (Wildman–Crippen MR) is 112 cm³/mol. The van der Waals surface area contributed by atoms with Crippen LogP contribution in [-0.4, -0.2) is 37.9 Å². The van der Waals surface area contributed by atoms with Crippen molar-refractivity contribution in [2.24, 2.45) is 0 Å². The van der Waals surface area contributed by atoms with Crippen LogP contribution in [0.3, 0.4) is 0 Å². The Hall–Kier alpha value is -2.06. The quantitative estimate of drug-likeness (QED) is 0.390. The first-order valence-corrected chi connectivity index (χ1v) is 10.3. The number of aromatic nitrogens is 5. The number of fused-ring (bicyclic) bond motifs is 1. The summed E-state index contributed by atoms with van der Waals surface area (Å²) in [6.07, 6.45) is 3.82. The molecule has 0 fully saturated rings. The third kappa shape index (κ3) is 4.17. The van der Waals surface area contributed by atoms with Gasteiger partial charge in [0, 0.05) is 35.8 Å². The maximum absolute atomic E-state index is 6.05. The molecule has 28 heavy (non-hydrogen) atoms. The van der Waals surface area contributed by atoms with Crippen LogP contribution in [0.4, 0.5) is 0 Å². The van der Waals surface area contributed by atoms with Gasteiger partial charge in [0.25, 0.3) is 0 Å². The van der Waals surface area contributed by atoms with Gasteiger partial charge in [-0.2, -0.15) is 0 Å². The van der Waals surface area contributed by atoms with Gasteiger partial charge in [-0.25, -0.2) is 4.98 Å². The molecule has 0 spiro atoms. The van der Waals surface area contributed by atoms with Crippen LogP contribution in [0.2, 0.25) is 10.0 Å². The van der Waals surface area contributed by atoms with Crippen molar-refractivity contribution in [1.82, 2.24) is 24.1 Å². The van der Waals surface area contributed by atoms with Crippen LogP contribution < -0.4 is 0 Å². The van der Waals surface area contributed by atoms with Crippen molar-refractivity contribution in [3.05, 3.63) is 64.5 Å². The van der Waals surface area contributed by atoms with Gasteiger partial charge < -0.3 is 9.14 Å². The second kappa shape index (κ2) is 8.53. The minimum absolute atomic E-state index is 0.569. The molecule has 144 valence electrons. The van der Waals surface area contributed by atoms with Crippen LogP contribution in [0.5, 0.6) is 0 Å². The molecule has 3 aromatic heterocycles. The third-order valence-electron chi connectivity index (χ3n) is 4.15. The molecule has 0 atom stereocenters. The summed E-state index contributed by atoms with van der Waals surface area (Å²) in [5.41, 5.74) is 2.77. The van der Waals surface area contributed by atoms with E-state index in [4.69, 9.17) is 27.9 Å². The fourth-order valence-electron chi connectivity index (χ4n) is 2.82. The predicted octanol–water partition coefficient (Wildman–Crippen LogP) is 4.84. The molecule has 0 N–H and O–H groups in total. The molecular weight excluding hydrogens is 417 g/mol. The normalized spacial score (nSPS) is 11.4. The lowest BCUT2D eigenvalue weighted by molar-refractivity contribution is 0.185. The molecule has 0 unspecified atom stereocenters. The number of nitrogens with zero attached hydrogens (tertiary/aromatic N) is 5. The standard InChI is InChI=1S/C19H17Cl2N5OS/c1-27-9-8-26-18(13-2-4-14(20)5-3-13)23-24-19(26)28-12-16-11-25-10-15(21)6-7-17(25)22-16/h2-7,10-11H,8-9,12H2,1H3. The molecule has 3 heterocycles. The summed E-state index contributed by atoms with van der Waals surface area (Å²) >= 11 is 13.6. The van der Waals surface area contributed by atoms with Gasteiger partial charge in [0.05, 0.1) is 23.9 Å². The number of thioether (sulfide) groups is 1. The summed E-state index contributed by atoms with van der Waals surface area (Å²) in [6.45, 7) is 1.23. The number of pyridine rings is 1. The van der Waals surface area contributed by atoms with Crippen molar-refractivity contribution in [3.8, 4) is 11.4 Å². The van der Waals surface area contributed by atoms with E-state index in [1.54, 1.807) is 18.9 Å². The molecule has 0 amide bonds. The van der Waals surface area contributed by atoms with E-state index in [-0.39, 0.29) is 0 Å². The molecule has 0 aliphatic heterocycles. The Morgan fingerprint density at radius 1 is 1.00 bits per heavy atom. The SMILES string of the molecule is COCCn1c(SCc2cn3cc(Cl)ccc3n2)nnc1-c1ccc(Cl)cc1. The van der Waals surface area contributed by atoms with Crippen molar-refractivity contribution in [2.45, 2.75) is 17.5 Å². The number of hydrogen-bond acceptors (Lipinski definition) is 5. The lowest BCUT2D eigenvalue weighted by Crippen LogP contribution is -2.07. The first-order chi connectivity index (χ1) is 13.6. The van der Waals surface area contributed by atoms with Crippen LogP contribution in [0, 0.1) is 0 Å². The Morgan fingerprint density at radius 3 is 2.57 bits per heavy atom. The van der Waals surface area contributed by atoms with Gasteiger partial charge in [0.1, 0.15) is 5.65 Å². The van der Waals surface area contributed by atoms with Crippen molar-refractivity contribution in [1.29, 1.82) is 0 Å². The average molecular weight is 434 g/mol. The van der Waals surface area contributed by atoms with Crippen molar-refractivity contribution in [2.75, 3.05) is 13.7 Å². The van der Waals surface area contributed by atoms with Crippen molar-refractivity contribution < 1.29 is 4.74 Å². The molecule has 0 aliphatic carbocycles. The molecular formula is C19H17Cl2N5OS. The molecule has 4 aromatic rings. The molecule has 0 saturated carbocycles. The van der Waals surface area contributed by atoms with Crippen LogP contribution in [0.1, 0.15) is 5.69 Å². The molecule has 6 nitrogen and oxygen atoms in total. The van der Waals surface area contributed by atoms with E-state index in [0.717, 1.165) is 27.9 Å². The Labute approximate surface area is 176 Å². The second-order valence-corrected chi connectivity index (χ2v) is 7.91. The molecule has 0 bridgehead atoms. The van der Waals surface area contributed by atoms with Gasteiger partial charge in [0.15, 0.2) is 11.0 Å². The number of methoxy groups -OCH3 is 1. The second-order valence-electron chi connectivity index (χ2n) is 6.09. The van der Waals surface area contributed by atoms with Crippen LogP contribution in [0.25, 0.3) is 17.0 Å². The summed E-state index contributed by atoms with van der Waals surface area (Å²) < 4.78 is 9.24. The summed E-state index contributed by atoms with van der Waals surface area (Å²) in [5.74, 6) is 1.46. The van der Waals surface area contributed by atoms with E-state index < -0.39 is 0 Å². The highest BCUT2D eigenvalue weighted by molar-refractivity contribution is 7.98. The Balaban J connectivity index is 1.58. The zero-order chi connectivity index (χ0) is 19.5. The number of rotatable bonds is 7. The maximum atomic E-state index is 6.05. The summed E-state index contributed by atoms with van der Waals surface area (Å²) in [4.78, 5) is 4.62.